The van der Waals surface area contributed by atoms with Gasteiger partial charge in [-0.05, 0) is 6.42 Å². The largest absolute Gasteiger partial charge is 4.00 e. The van der Waals surface area contributed by atoms with E-state index in [1.165, 1.54) is 0 Å². The fraction of sp³-hybridized carbons (Fsp3) is 0.889. The maximum atomic E-state index is 10.4. The van der Waals surface area contributed by atoms with Crippen molar-refractivity contribution in [3.63, 3.8) is 0 Å². The van der Waals surface area contributed by atoms with E-state index in [9.17, 15) is 30.0 Å². The number of hydrogen-bond donors (Lipinski definition) is 0. The van der Waals surface area contributed by atoms with E-state index < -0.39 is 12.4 Å². The average Bonchev–Trinajstić information content (AvgIpc) is 2.51. The number of carbonyl (C=O) groups is 2. The summed E-state index contributed by atoms with van der Waals surface area (Å²) in [5.74, 6) is -1.54. The smallest absolute Gasteiger partial charge is 0.854 e. The molecule has 0 amide bonds. The zero-order valence-corrected chi connectivity index (χ0v) is 18.0. The third kappa shape index (κ3) is 69.1. The summed E-state index contributed by atoms with van der Waals surface area (Å²) in [4.78, 5) is 20.2. The fourth-order valence-corrected chi connectivity index (χ4v) is 0.961. The normalized spacial score (nSPS) is 8.28. The van der Waals surface area contributed by atoms with Gasteiger partial charge in [0.2, 0.25) is 0 Å². The number of unbranched alkanes of at least 4 members (excludes halogenated alkanes) is 3. The molecule has 0 aromatic heterocycles. The molecule has 0 saturated heterocycles. The van der Waals surface area contributed by atoms with Gasteiger partial charge in [0.25, 0.3) is 0 Å². The van der Waals surface area contributed by atoms with Gasteiger partial charge in [0.15, 0.2) is 0 Å². The van der Waals surface area contributed by atoms with Gasteiger partial charge in [0.05, 0.1) is 0 Å². The quantitative estimate of drug-likeness (QED) is 0.376. The minimum atomic E-state index is -1.28. The van der Waals surface area contributed by atoms with Gasteiger partial charge >= 0.3 is 21.7 Å². The molecule has 0 radical (unpaired) electrons. The van der Waals surface area contributed by atoms with E-state index >= 15 is 0 Å². The maximum absolute atomic E-state index is 10.4. The summed E-state index contributed by atoms with van der Waals surface area (Å²) in [7, 11) is 0. The third-order valence-electron chi connectivity index (χ3n) is 2.36. The van der Waals surface area contributed by atoms with Crippen LogP contribution in [0, 0.1) is 0 Å². The molecule has 7 heteroatoms. The van der Waals surface area contributed by atoms with Crippen LogP contribution < -0.4 is 20.4 Å². The Morgan fingerprint density at radius 3 is 1.12 bits per heavy atom. The Labute approximate surface area is 168 Å². The predicted octanol–water partition coefficient (Wildman–Crippen LogP) is -0.0665. The van der Waals surface area contributed by atoms with E-state index in [0.29, 0.717) is 12.8 Å². The molecule has 25 heavy (non-hydrogen) atoms. The van der Waals surface area contributed by atoms with Crippen LogP contribution in [0.4, 0.5) is 0 Å². The average molecular weight is 396 g/mol. The summed E-state index contributed by atoms with van der Waals surface area (Å²) in [6.45, 7) is 8.14. The Bertz CT molecular complexity index is 217. The van der Waals surface area contributed by atoms with Crippen molar-refractivity contribution in [2.45, 2.75) is 85.5 Å². The van der Waals surface area contributed by atoms with Crippen molar-refractivity contribution in [1.82, 2.24) is 0 Å². The summed E-state index contributed by atoms with van der Waals surface area (Å²) < 4.78 is 0. The van der Waals surface area contributed by atoms with E-state index in [1.54, 1.807) is 0 Å². The minimum absolute atomic E-state index is 0. The van der Waals surface area contributed by atoms with Crippen LogP contribution in [-0.4, -0.2) is 31.6 Å². The molecular weight excluding hydrogens is 360 g/mol. The molecule has 0 fully saturated rings. The van der Waals surface area contributed by atoms with E-state index in [4.69, 9.17) is 0 Å². The maximum Gasteiger partial charge on any atom is 4.00 e. The van der Waals surface area contributed by atoms with Crippen LogP contribution in [0.1, 0.15) is 85.5 Å². The first-order valence-corrected chi connectivity index (χ1v) is 8.87. The molecule has 0 unspecified atom stereocenters. The topological polar surface area (TPSA) is 126 Å². The van der Waals surface area contributed by atoms with Gasteiger partial charge in [-0.2, -0.15) is 0 Å². The number of hydrogen-bond acceptors (Lipinski definition) is 6. The van der Waals surface area contributed by atoms with Crippen LogP contribution in [0.3, 0.4) is 0 Å². The number of Topliss-reactive ketones (excluding diaryl/α,β-unsaturated/α-hetero) is 1. The van der Waals surface area contributed by atoms with Gasteiger partial charge in [-0.25, -0.2) is 0 Å². The molecule has 0 N–H and O–H groups in total. The first-order chi connectivity index (χ1) is 11.4. The molecule has 0 rings (SSSR count). The van der Waals surface area contributed by atoms with Crippen molar-refractivity contribution in [3.8, 4) is 0 Å². The molecule has 6 nitrogen and oxygen atoms in total. The van der Waals surface area contributed by atoms with Crippen molar-refractivity contribution in [2.24, 2.45) is 0 Å². The molecule has 0 spiro atoms. The standard InChI is InChI=1S/C6H10O3.3C4H9O.Ti/c1-2-3-5(7)4-6(8)9;3*1-2-3-4-5;/h2-4H2,1H3,(H,8,9);3*2-4H2,1H3;/q;3*-1;+4/p-1. The number of aliphatic carboxylic acids is 1. The van der Waals surface area contributed by atoms with Crippen LogP contribution in [0.15, 0.2) is 0 Å². The zero-order chi connectivity index (χ0) is 19.6. The van der Waals surface area contributed by atoms with Crippen molar-refractivity contribution >= 4 is 11.8 Å². The second kappa shape index (κ2) is 39.0. The zero-order valence-electron chi connectivity index (χ0n) is 16.4. The van der Waals surface area contributed by atoms with Gasteiger partial charge in [0, 0.05) is 18.8 Å². The molecule has 0 aliphatic carbocycles. The summed E-state index contributed by atoms with van der Waals surface area (Å²) in [6.07, 6.45) is 6.20. The SMILES string of the molecule is CCCC(=O)CC(=O)[O-].CCCC[O-].CCCC[O-].CCCC[O-].[Ti+4]. The number of rotatable bonds is 10. The minimum Gasteiger partial charge on any atom is -0.854 e. The van der Waals surface area contributed by atoms with Crippen LogP contribution in [0.2, 0.25) is 0 Å². The second-order valence-corrected chi connectivity index (χ2v) is 5.01. The fourth-order valence-electron chi connectivity index (χ4n) is 0.961. The van der Waals surface area contributed by atoms with Gasteiger partial charge in [0.1, 0.15) is 5.78 Å². The van der Waals surface area contributed by atoms with Crippen LogP contribution >= 0.6 is 0 Å². The molecule has 0 heterocycles. The number of ketones is 1. The third-order valence-corrected chi connectivity index (χ3v) is 2.36. The molecule has 148 valence electrons. The molecule has 0 bridgehead atoms. The van der Waals surface area contributed by atoms with E-state index in [1.807, 2.05) is 27.7 Å². The summed E-state index contributed by atoms with van der Waals surface area (Å²) in [6, 6.07) is 0. The molecule has 0 aromatic rings. The Hall–Kier alpha value is -0.266. The molecule has 0 aromatic carbocycles. The van der Waals surface area contributed by atoms with Gasteiger partial charge < -0.3 is 25.2 Å². The Morgan fingerprint density at radius 1 is 0.680 bits per heavy atom. The van der Waals surface area contributed by atoms with Crippen LogP contribution in [0.5, 0.6) is 0 Å². The predicted molar refractivity (Wildman–Crippen MR) is 88.9 cm³/mol. The summed E-state index contributed by atoms with van der Waals surface area (Å²) in [5, 5.41) is 38.3. The Morgan fingerprint density at radius 2 is 1.00 bits per heavy atom. The first-order valence-electron chi connectivity index (χ1n) is 8.87. The number of carboxylic acids is 1. The van der Waals surface area contributed by atoms with Crippen molar-refractivity contribution in [1.29, 1.82) is 0 Å². The summed E-state index contributed by atoms with van der Waals surface area (Å²) in [5.41, 5.74) is 0. The summed E-state index contributed by atoms with van der Waals surface area (Å²) >= 11 is 0. The molecular formula is C18H36O6Ti. The van der Waals surface area contributed by atoms with Crippen LogP contribution in [0.25, 0.3) is 0 Å². The molecule has 0 atom stereocenters. The molecule has 0 saturated carbocycles. The van der Waals surface area contributed by atoms with Gasteiger partial charge in [-0.1, -0.05) is 66.2 Å². The Kier molecular flexibility index (Phi) is 55.8. The van der Waals surface area contributed by atoms with Gasteiger partial charge in [-0.3, -0.25) is 4.79 Å². The van der Waals surface area contributed by atoms with Gasteiger partial charge in [-0.15, -0.1) is 19.8 Å². The first kappa shape index (κ1) is 35.8. The monoisotopic (exact) mass is 396 g/mol. The van der Waals surface area contributed by atoms with E-state index in [-0.39, 0.29) is 47.3 Å². The second-order valence-electron chi connectivity index (χ2n) is 5.01. The Balaban J connectivity index is -0.0000000733. The van der Waals surface area contributed by atoms with E-state index in [0.717, 1.165) is 38.5 Å². The van der Waals surface area contributed by atoms with E-state index in [2.05, 4.69) is 0 Å². The van der Waals surface area contributed by atoms with Crippen molar-refractivity contribution in [3.05, 3.63) is 0 Å². The van der Waals surface area contributed by atoms with Crippen molar-refractivity contribution < 1.29 is 51.7 Å². The number of carbonyl (C=O) groups excluding carboxylic acids is 2. The molecule has 0 aliphatic rings. The van der Waals surface area contributed by atoms with Crippen LogP contribution in [-0.2, 0) is 31.3 Å². The number of carboxylic acid groups (broad SMARTS) is 1. The van der Waals surface area contributed by atoms with Crippen molar-refractivity contribution in [2.75, 3.05) is 19.8 Å². The molecule has 0 aliphatic heterocycles.